The number of carbonyl (C=O) groups is 1. The fourth-order valence-corrected chi connectivity index (χ4v) is 12.0. The second kappa shape index (κ2) is 20.8. The van der Waals surface area contributed by atoms with Gasteiger partial charge in [-0.05, 0) is 135 Å². The van der Waals surface area contributed by atoms with E-state index in [4.69, 9.17) is 11.6 Å². The Bertz CT molecular complexity index is 2530. The van der Waals surface area contributed by atoms with Gasteiger partial charge in [0.25, 0.3) is 25.8 Å². The molecule has 0 spiro atoms. The van der Waals surface area contributed by atoms with Crippen molar-refractivity contribution in [3.63, 3.8) is 0 Å². The number of benzene rings is 4. The third kappa shape index (κ3) is 12.7. The summed E-state index contributed by atoms with van der Waals surface area (Å²) in [5.74, 6) is -0.613. The molecule has 2 N–H and O–H groups in total. The number of amides is 1. The molecule has 0 bridgehead atoms. The summed E-state index contributed by atoms with van der Waals surface area (Å²) in [4.78, 5) is 19.2. The molecule has 0 radical (unpaired) electrons. The molecule has 1 aliphatic carbocycles. The van der Waals surface area contributed by atoms with Crippen molar-refractivity contribution in [2.45, 2.75) is 85.0 Å². The number of carbonyl (C=O) groups excluding carboxylic acids is 1. The first kappa shape index (κ1) is 48.9. The lowest BCUT2D eigenvalue weighted by Gasteiger charge is -2.39. The summed E-state index contributed by atoms with van der Waals surface area (Å²) in [5, 5.41) is 3.74. The van der Waals surface area contributed by atoms with E-state index in [0.29, 0.717) is 29.8 Å². The summed E-state index contributed by atoms with van der Waals surface area (Å²) >= 11 is 7.66. The third-order valence-electron chi connectivity index (χ3n) is 12.5. The minimum Gasteiger partial charge on any atom is -0.380 e. The van der Waals surface area contributed by atoms with E-state index in [2.05, 4.69) is 46.0 Å². The zero-order valence-corrected chi connectivity index (χ0v) is 40.0. The first-order valence-electron chi connectivity index (χ1n) is 22.1. The first-order valence-corrected chi connectivity index (χ1v) is 26.4. The van der Waals surface area contributed by atoms with Crippen LogP contribution in [0.3, 0.4) is 0 Å². The lowest BCUT2D eigenvalue weighted by Crippen LogP contribution is -2.47. The zero-order chi connectivity index (χ0) is 46.4. The summed E-state index contributed by atoms with van der Waals surface area (Å²) < 4.78 is 97.8. The van der Waals surface area contributed by atoms with Gasteiger partial charge in [0.1, 0.15) is 4.90 Å². The average Bonchev–Trinajstić information content (AvgIpc) is 3.28. The van der Waals surface area contributed by atoms with Crippen molar-refractivity contribution < 1.29 is 34.8 Å². The number of thioether (sulfide) groups is 1. The van der Waals surface area contributed by atoms with E-state index in [-0.39, 0.29) is 16.7 Å². The molecule has 7 rings (SSSR count). The normalized spacial score (nSPS) is 18.3. The van der Waals surface area contributed by atoms with E-state index < -0.39 is 47.1 Å². The first-order chi connectivity index (χ1) is 30.9. The van der Waals surface area contributed by atoms with Crippen molar-refractivity contribution >= 4 is 66.1 Å². The van der Waals surface area contributed by atoms with Gasteiger partial charge >= 0.3 is 5.51 Å². The van der Waals surface area contributed by atoms with Gasteiger partial charge in [-0.2, -0.15) is 13.2 Å². The number of halogens is 4. The van der Waals surface area contributed by atoms with Crippen molar-refractivity contribution in [1.82, 2.24) is 14.5 Å². The number of anilines is 2. The quantitative estimate of drug-likeness (QED) is 0.105. The van der Waals surface area contributed by atoms with Crippen molar-refractivity contribution in [1.29, 1.82) is 0 Å². The lowest BCUT2D eigenvalue weighted by molar-refractivity contribution is -0.0435. The van der Waals surface area contributed by atoms with Gasteiger partial charge in [-0.25, -0.2) is 21.6 Å². The van der Waals surface area contributed by atoms with Crippen molar-refractivity contribution in [3.05, 3.63) is 119 Å². The Labute approximate surface area is 391 Å². The van der Waals surface area contributed by atoms with Crippen LogP contribution in [0.15, 0.2) is 117 Å². The Morgan fingerprint density at radius 1 is 0.831 bits per heavy atom. The number of likely N-dealkylation sites (tertiary alicyclic amines) is 1. The summed E-state index contributed by atoms with van der Waals surface area (Å²) in [6.45, 7) is 11.1. The van der Waals surface area contributed by atoms with Gasteiger partial charge in [-0.3, -0.25) is 9.69 Å². The number of piperazine rings is 1. The minimum atomic E-state index is -6.04. The predicted octanol–water partition coefficient (Wildman–Crippen LogP) is 9.99. The molecule has 0 saturated carbocycles. The average molecular weight is 973 g/mol. The van der Waals surface area contributed by atoms with Crippen LogP contribution in [-0.2, 0) is 19.9 Å². The van der Waals surface area contributed by atoms with E-state index in [9.17, 15) is 34.8 Å². The van der Waals surface area contributed by atoms with Crippen LogP contribution >= 0.6 is 23.4 Å². The van der Waals surface area contributed by atoms with Crippen LogP contribution in [0.1, 0.15) is 74.7 Å². The highest BCUT2D eigenvalue weighted by Crippen LogP contribution is 2.43. The van der Waals surface area contributed by atoms with Gasteiger partial charge in [0.05, 0.1) is 10.6 Å². The number of alkyl halides is 3. The molecule has 2 fully saturated rings. The molecule has 65 heavy (non-hydrogen) atoms. The van der Waals surface area contributed by atoms with Crippen LogP contribution in [0.25, 0.3) is 5.57 Å². The summed E-state index contributed by atoms with van der Waals surface area (Å²) in [5.41, 5.74) is -0.951. The van der Waals surface area contributed by atoms with E-state index in [1.807, 2.05) is 47.2 Å². The lowest BCUT2D eigenvalue weighted by atomic mass is 9.73. The van der Waals surface area contributed by atoms with Gasteiger partial charge in [0, 0.05) is 72.2 Å². The maximum absolute atomic E-state index is 14.2. The minimum absolute atomic E-state index is 0.00595. The van der Waals surface area contributed by atoms with E-state index in [1.54, 1.807) is 12.1 Å². The Balaban J connectivity index is 1.02. The van der Waals surface area contributed by atoms with Crippen LogP contribution in [0.4, 0.5) is 24.5 Å². The molecular formula is C48H57ClF3N5O5S3. The molecular weight excluding hydrogens is 915 g/mol. The van der Waals surface area contributed by atoms with Crippen molar-refractivity contribution in [2.24, 2.45) is 5.41 Å². The zero-order valence-electron chi connectivity index (χ0n) is 36.7. The maximum Gasteiger partial charge on any atom is 0.501 e. The Morgan fingerprint density at radius 3 is 2.17 bits per heavy atom. The number of nitrogens with zero attached hydrogens (tertiary/aromatic N) is 3. The van der Waals surface area contributed by atoms with Gasteiger partial charge < -0.3 is 15.1 Å². The fourth-order valence-electron chi connectivity index (χ4n) is 8.85. The maximum atomic E-state index is 14.2. The number of hydrogen-bond donors (Lipinski definition) is 2. The topological polar surface area (TPSA) is 119 Å². The molecule has 0 aromatic heterocycles. The molecule has 4 aromatic rings. The van der Waals surface area contributed by atoms with Gasteiger partial charge in [0.2, 0.25) is 0 Å². The number of allylic oxidation sites excluding steroid dienone is 1. The van der Waals surface area contributed by atoms with Crippen LogP contribution in [0.5, 0.6) is 0 Å². The highest BCUT2D eigenvalue weighted by atomic mass is 35.5. The van der Waals surface area contributed by atoms with E-state index in [0.717, 1.165) is 107 Å². The standard InChI is InChI=1S/C48H57ClF3N5O5S3/c1-47(2)23-21-43(35-11-15-38(49)16-12-35)37(32-47)33-56-27-29-57(30-28-56)40-17-13-36(14-18-40)46(58)54-65(61,62)42-19-20-44(45(31-42)64(59,60)48(50,51)52)53-39(22-26-55-24-7-4-8-25-55)34-63-41-9-5-3-6-10-41/h3,5-6,9-20,31,39,53H,4,7-8,21-30,32-34H2,1-2H3,(H,54,58). The Kier molecular flexibility index (Phi) is 15.7. The molecule has 2 aliphatic heterocycles. The molecule has 2 saturated heterocycles. The summed E-state index contributed by atoms with van der Waals surface area (Å²) in [6.07, 6.45) is 6.89. The number of piperidine rings is 1. The van der Waals surface area contributed by atoms with Gasteiger partial charge in [0.15, 0.2) is 0 Å². The van der Waals surface area contributed by atoms with Crippen LogP contribution in [-0.4, -0.2) is 102 Å². The van der Waals surface area contributed by atoms with Crippen LogP contribution in [0, 0.1) is 5.41 Å². The number of sulfone groups is 1. The highest BCUT2D eigenvalue weighted by molar-refractivity contribution is 7.99. The summed E-state index contributed by atoms with van der Waals surface area (Å²) in [6, 6.07) is 26.0. The smallest absolute Gasteiger partial charge is 0.380 e. The van der Waals surface area contributed by atoms with E-state index in [1.165, 1.54) is 40.6 Å². The fraction of sp³-hybridized carbons (Fsp3) is 0.438. The molecule has 4 aromatic carbocycles. The van der Waals surface area contributed by atoms with Crippen molar-refractivity contribution in [2.75, 3.05) is 68.3 Å². The molecule has 2 heterocycles. The largest absolute Gasteiger partial charge is 0.501 e. The molecule has 1 amide bonds. The molecule has 350 valence electrons. The van der Waals surface area contributed by atoms with Gasteiger partial charge in [-0.15, -0.1) is 11.8 Å². The van der Waals surface area contributed by atoms with Crippen LogP contribution in [0.2, 0.25) is 5.02 Å². The SMILES string of the molecule is CC1(C)CCC(c2ccc(Cl)cc2)=C(CN2CCN(c3ccc(C(=O)NS(=O)(=O)c4ccc(NC(CCN5CCCCC5)CSc5ccccc5)c(S(=O)(=O)C(F)(F)F)c4)cc3)CC2)C1. The molecule has 1 unspecified atom stereocenters. The summed E-state index contributed by atoms with van der Waals surface area (Å²) in [7, 11) is -10.9. The molecule has 10 nitrogen and oxygen atoms in total. The van der Waals surface area contributed by atoms with E-state index >= 15 is 0 Å². The number of nitrogens with one attached hydrogen (secondary N) is 2. The third-order valence-corrected chi connectivity index (χ3v) is 16.8. The predicted molar refractivity (Wildman–Crippen MR) is 255 cm³/mol. The Morgan fingerprint density at radius 2 is 1.51 bits per heavy atom. The second-order valence-electron chi connectivity index (χ2n) is 17.9. The molecule has 1 atom stereocenters. The molecule has 17 heteroatoms. The van der Waals surface area contributed by atoms with Crippen molar-refractivity contribution in [3.8, 4) is 0 Å². The van der Waals surface area contributed by atoms with Crippen LogP contribution < -0.4 is 14.9 Å². The number of rotatable bonds is 16. The number of sulfonamides is 1. The monoisotopic (exact) mass is 971 g/mol. The highest BCUT2D eigenvalue weighted by Gasteiger charge is 2.48. The van der Waals surface area contributed by atoms with Gasteiger partial charge in [-0.1, -0.05) is 67.8 Å². The number of hydrogen-bond acceptors (Lipinski definition) is 10. The Hall–Kier alpha value is -4.06. The second-order valence-corrected chi connectivity index (χ2v) is 23.1. The molecule has 3 aliphatic rings.